The van der Waals surface area contributed by atoms with Gasteiger partial charge in [0, 0.05) is 34.7 Å². The van der Waals surface area contributed by atoms with Gasteiger partial charge in [0.2, 0.25) is 0 Å². The van der Waals surface area contributed by atoms with Gasteiger partial charge in [-0.05, 0) is 44.5 Å². The minimum Gasteiger partial charge on any atom is -0.311 e. The fourth-order valence-electron chi connectivity index (χ4n) is 2.07. The first-order valence-electron chi connectivity index (χ1n) is 6.44. The lowest BCUT2D eigenvalue weighted by Crippen LogP contribution is -2.38. The molecule has 18 heavy (non-hydrogen) atoms. The molecule has 1 aliphatic carbocycles. The largest absolute Gasteiger partial charge is 0.311 e. The van der Waals surface area contributed by atoms with Crippen molar-refractivity contribution in [3.63, 3.8) is 0 Å². The van der Waals surface area contributed by atoms with Gasteiger partial charge in [-0.1, -0.05) is 33.6 Å². The number of benzene rings is 1. The highest BCUT2D eigenvalue weighted by Gasteiger charge is 2.28. The molecule has 1 aliphatic rings. The van der Waals surface area contributed by atoms with E-state index in [9.17, 15) is 0 Å². The molecular formula is C14H20BrClN2. The van der Waals surface area contributed by atoms with E-state index in [1.54, 1.807) is 0 Å². The van der Waals surface area contributed by atoms with E-state index in [1.807, 2.05) is 12.1 Å². The summed E-state index contributed by atoms with van der Waals surface area (Å²) in [7, 11) is 2.22. The van der Waals surface area contributed by atoms with Gasteiger partial charge in [-0.3, -0.25) is 4.90 Å². The van der Waals surface area contributed by atoms with Crippen LogP contribution in [0.5, 0.6) is 0 Å². The van der Waals surface area contributed by atoms with E-state index in [1.165, 1.54) is 18.4 Å². The Kier molecular flexibility index (Phi) is 5.07. The maximum atomic E-state index is 5.93. The third kappa shape index (κ3) is 3.95. The molecule has 4 heteroatoms. The number of hydrogen-bond donors (Lipinski definition) is 1. The zero-order chi connectivity index (χ0) is 13.1. The Hall–Kier alpha value is -0.0900. The van der Waals surface area contributed by atoms with Crippen molar-refractivity contribution in [1.29, 1.82) is 0 Å². The van der Waals surface area contributed by atoms with Crippen molar-refractivity contribution >= 4 is 27.5 Å². The van der Waals surface area contributed by atoms with Crippen LogP contribution in [0.4, 0.5) is 0 Å². The molecule has 0 radical (unpaired) electrons. The van der Waals surface area contributed by atoms with Gasteiger partial charge in [0.15, 0.2) is 0 Å². The predicted molar refractivity (Wildman–Crippen MR) is 81.1 cm³/mol. The van der Waals surface area contributed by atoms with E-state index in [-0.39, 0.29) is 0 Å². The van der Waals surface area contributed by atoms with E-state index in [4.69, 9.17) is 11.6 Å². The van der Waals surface area contributed by atoms with E-state index >= 15 is 0 Å². The summed E-state index contributed by atoms with van der Waals surface area (Å²) in [5.41, 5.74) is 1.25. The highest BCUT2D eigenvalue weighted by Crippen LogP contribution is 2.26. The third-order valence-corrected chi connectivity index (χ3v) is 4.56. The minimum atomic E-state index is 0.587. The first kappa shape index (κ1) is 14.3. The van der Waals surface area contributed by atoms with Crippen LogP contribution in [0.25, 0.3) is 0 Å². The monoisotopic (exact) mass is 330 g/mol. The molecule has 1 saturated carbocycles. The molecule has 2 nitrogen and oxygen atoms in total. The summed E-state index contributed by atoms with van der Waals surface area (Å²) in [6.07, 6.45) is 2.73. The highest BCUT2D eigenvalue weighted by atomic mass is 79.9. The first-order valence-corrected chi connectivity index (χ1v) is 7.61. The summed E-state index contributed by atoms with van der Waals surface area (Å²) in [5.74, 6) is 0. The van der Waals surface area contributed by atoms with Gasteiger partial charge in [0.1, 0.15) is 0 Å². The summed E-state index contributed by atoms with van der Waals surface area (Å²) in [4.78, 5) is 2.48. The van der Waals surface area contributed by atoms with Crippen molar-refractivity contribution in [2.45, 2.75) is 38.4 Å². The SMILES string of the molecule is CC(CNCc1ccc(Cl)cc1Br)N(C)C1CC1. The van der Waals surface area contributed by atoms with Gasteiger partial charge in [-0.2, -0.15) is 0 Å². The molecule has 0 amide bonds. The quantitative estimate of drug-likeness (QED) is 0.855. The molecule has 0 heterocycles. The van der Waals surface area contributed by atoms with E-state index in [0.717, 1.165) is 28.6 Å². The fourth-order valence-corrected chi connectivity index (χ4v) is 2.89. The van der Waals surface area contributed by atoms with Crippen LogP contribution in [-0.2, 0) is 6.54 Å². The smallest absolute Gasteiger partial charge is 0.0417 e. The van der Waals surface area contributed by atoms with Crippen molar-refractivity contribution in [1.82, 2.24) is 10.2 Å². The number of halogens is 2. The zero-order valence-electron chi connectivity index (χ0n) is 10.9. The Morgan fingerprint density at radius 3 is 2.83 bits per heavy atom. The number of likely N-dealkylation sites (N-methyl/N-ethyl adjacent to an activating group) is 1. The third-order valence-electron chi connectivity index (χ3n) is 3.59. The van der Waals surface area contributed by atoms with E-state index < -0.39 is 0 Å². The Morgan fingerprint density at radius 2 is 2.22 bits per heavy atom. The van der Waals surface area contributed by atoms with Gasteiger partial charge in [0.25, 0.3) is 0 Å². The van der Waals surface area contributed by atoms with Crippen molar-refractivity contribution in [2.24, 2.45) is 0 Å². The van der Waals surface area contributed by atoms with Crippen LogP contribution in [0, 0.1) is 0 Å². The minimum absolute atomic E-state index is 0.587. The van der Waals surface area contributed by atoms with Crippen molar-refractivity contribution in [3.05, 3.63) is 33.3 Å². The lowest BCUT2D eigenvalue weighted by molar-refractivity contribution is 0.241. The van der Waals surface area contributed by atoms with Gasteiger partial charge >= 0.3 is 0 Å². The lowest BCUT2D eigenvalue weighted by Gasteiger charge is -2.24. The average Bonchev–Trinajstić information content (AvgIpc) is 3.15. The lowest BCUT2D eigenvalue weighted by atomic mass is 10.2. The number of hydrogen-bond acceptors (Lipinski definition) is 2. The number of rotatable bonds is 6. The Bertz CT molecular complexity index is 407. The summed E-state index contributed by atoms with van der Waals surface area (Å²) >= 11 is 9.47. The molecule has 0 aliphatic heterocycles. The summed E-state index contributed by atoms with van der Waals surface area (Å²) < 4.78 is 1.07. The highest BCUT2D eigenvalue weighted by molar-refractivity contribution is 9.10. The molecule has 0 saturated heterocycles. The summed E-state index contributed by atoms with van der Waals surface area (Å²) in [6.45, 7) is 4.17. The second-order valence-corrected chi connectivity index (χ2v) is 6.40. The molecule has 2 rings (SSSR count). The maximum absolute atomic E-state index is 5.93. The standard InChI is InChI=1S/C14H20BrClN2/c1-10(18(2)13-5-6-13)8-17-9-11-3-4-12(16)7-14(11)15/h3-4,7,10,13,17H,5-6,8-9H2,1-2H3. The van der Waals surface area contributed by atoms with Crippen LogP contribution in [0.15, 0.2) is 22.7 Å². The van der Waals surface area contributed by atoms with E-state index in [2.05, 4.69) is 46.2 Å². The average molecular weight is 332 g/mol. The van der Waals surface area contributed by atoms with Crippen LogP contribution in [-0.4, -0.2) is 30.6 Å². The van der Waals surface area contributed by atoms with Crippen LogP contribution in [0.1, 0.15) is 25.3 Å². The van der Waals surface area contributed by atoms with Crippen LogP contribution < -0.4 is 5.32 Å². The molecule has 0 bridgehead atoms. The van der Waals surface area contributed by atoms with Crippen molar-refractivity contribution in [3.8, 4) is 0 Å². The van der Waals surface area contributed by atoms with Gasteiger partial charge < -0.3 is 5.32 Å². The zero-order valence-corrected chi connectivity index (χ0v) is 13.3. The maximum Gasteiger partial charge on any atom is 0.0417 e. The van der Waals surface area contributed by atoms with Gasteiger partial charge in [0.05, 0.1) is 0 Å². The summed E-state index contributed by atoms with van der Waals surface area (Å²) in [5, 5.41) is 4.28. The molecular weight excluding hydrogens is 312 g/mol. The van der Waals surface area contributed by atoms with Gasteiger partial charge in [-0.25, -0.2) is 0 Å². The molecule has 0 spiro atoms. The van der Waals surface area contributed by atoms with Crippen LogP contribution in [0.2, 0.25) is 5.02 Å². The number of nitrogens with zero attached hydrogens (tertiary/aromatic N) is 1. The molecule has 1 N–H and O–H groups in total. The van der Waals surface area contributed by atoms with Crippen LogP contribution in [0.3, 0.4) is 0 Å². The van der Waals surface area contributed by atoms with Crippen molar-refractivity contribution in [2.75, 3.05) is 13.6 Å². The molecule has 1 aromatic carbocycles. The molecule has 0 aromatic heterocycles. The van der Waals surface area contributed by atoms with Gasteiger partial charge in [-0.15, -0.1) is 0 Å². The van der Waals surface area contributed by atoms with Crippen LogP contribution >= 0.6 is 27.5 Å². The normalized spacial score (nSPS) is 17.2. The second kappa shape index (κ2) is 6.38. The molecule has 1 unspecified atom stereocenters. The Labute approximate surface area is 123 Å². The fraction of sp³-hybridized carbons (Fsp3) is 0.571. The second-order valence-electron chi connectivity index (χ2n) is 5.11. The Balaban J connectivity index is 1.77. The predicted octanol–water partition coefficient (Wildman–Crippen LogP) is 3.67. The molecule has 100 valence electrons. The summed E-state index contributed by atoms with van der Waals surface area (Å²) in [6, 6.07) is 7.35. The molecule has 1 fully saturated rings. The molecule has 1 atom stereocenters. The van der Waals surface area contributed by atoms with E-state index in [0.29, 0.717) is 6.04 Å². The van der Waals surface area contributed by atoms with Crippen molar-refractivity contribution < 1.29 is 0 Å². The first-order chi connectivity index (χ1) is 8.58. The molecule has 1 aromatic rings. The Morgan fingerprint density at radius 1 is 1.50 bits per heavy atom. The number of nitrogens with one attached hydrogen (secondary N) is 1. The topological polar surface area (TPSA) is 15.3 Å².